The van der Waals surface area contributed by atoms with Gasteiger partial charge in [0.15, 0.2) is 5.78 Å². The van der Waals surface area contributed by atoms with Gasteiger partial charge in [0.2, 0.25) is 10.0 Å². The molecule has 0 heterocycles. The van der Waals surface area contributed by atoms with Crippen molar-refractivity contribution in [1.82, 2.24) is 4.31 Å². The van der Waals surface area contributed by atoms with E-state index in [1.165, 1.54) is 40.7 Å². The van der Waals surface area contributed by atoms with E-state index < -0.39 is 10.0 Å². The van der Waals surface area contributed by atoms with Crippen LogP contribution in [0.5, 0.6) is 0 Å². The molecule has 4 aromatic rings. The highest BCUT2D eigenvalue weighted by molar-refractivity contribution is 7.89. The van der Waals surface area contributed by atoms with Crippen molar-refractivity contribution < 1.29 is 17.6 Å². The topological polar surface area (TPSA) is 54.5 Å². The molecule has 0 spiro atoms. The van der Waals surface area contributed by atoms with Crippen LogP contribution < -0.4 is 0 Å². The van der Waals surface area contributed by atoms with Crippen molar-refractivity contribution in [3.63, 3.8) is 0 Å². The lowest BCUT2D eigenvalue weighted by molar-refractivity contribution is 0.0993. The molecule has 0 unspecified atom stereocenters. The second-order valence-corrected chi connectivity index (χ2v) is 9.93. The highest BCUT2D eigenvalue weighted by atomic mass is 32.2. The van der Waals surface area contributed by atoms with Crippen LogP contribution in [0.3, 0.4) is 0 Å². The summed E-state index contributed by atoms with van der Waals surface area (Å²) >= 11 is 0. The van der Waals surface area contributed by atoms with Gasteiger partial charge in [0.05, 0.1) is 4.90 Å². The molecule has 0 atom stereocenters. The zero-order valence-corrected chi connectivity index (χ0v) is 19.3. The quantitative estimate of drug-likeness (QED) is 0.296. The Hall–Kier alpha value is -3.61. The lowest BCUT2D eigenvalue weighted by Gasteiger charge is -2.23. The second-order valence-electron chi connectivity index (χ2n) is 8.00. The molecule has 0 N–H and O–H groups in total. The third-order valence-electron chi connectivity index (χ3n) is 5.50. The van der Waals surface area contributed by atoms with Gasteiger partial charge in [0.25, 0.3) is 0 Å². The summed E-state index contributed by atoms with van der Waals surface area (Å²) in [6.45, 7) is 0.451. The average molecular weight is 474 g/mol. The normalized spacial score (nSPS) is 11.5. The van der Waals surface area contributed by atoms with Gasteiger partial charge in [-0.15, -0.1) is 0 Å². The third kappa shape index (κ3) is 5.84. The number of halogens is 1. The van der Waals surface area contributed by atoms with E-state index in [2.05, 4.69) is 0 Å². The Kier molecular flexibility index (Phi) is 7.30. The molecule has 0 fully saturated rings. The van der Waals surface area contributed by atoms with Crippen LogP contribution in [0.25, 0.3) is 0 Å². The Balaban J connectivity index is 1.56. The maximum absolute atomic E-state index is 13.6. The van der Waals surface area contributed by atoms with Crippen molar-refractivity contribution in [2.24, 2.45) is 0 Å². The van der Waals surface area contributed by atoms with E-state index in [1.54, 1.807) is 12.1 Å². The number of nitrogens with zero attached hydrogens (tertiary/aromatic N) is 1. The van der Waals surface area contributed by atoms with Crippen LogP contribution in [0, 0.1) is 5.82 Å². The fourth-order valence-corrected chi connectivity index (χ4v) is 5.07. The first kappa shape index (κ1) is 23.5. The molecule has 0 saturated heterocycles. The van der Waals surface area contributed by atoms with Crippen LogP contribution >= 0.6 is 0 Å². The van der Waals surface area contributed by atoms with Gasteiger partial charge < -0.3 is 0 Å². The first-order chi connectivity index (χ1) is 16.4. The van der Waals surface area contributed by atoms with Gasteiger partial charge in [-0.05, 0) is 41.0 Å². The standard InChI is InChI=1S/C28H24FNO3S/c29-26-15-11-22(12-16-26)19-28(31)25-13-17-27(18-14-25)34(32,33)30(20-23-7-3-1-4-8-23)21-24-9-5-2-6-10-24/h1-18H,19-21H2. The number of Topliss-reactive ketones (excluding diaryl/α,β-unsaturated/α-hetero) is 1. The molecule has 4 aromatic carbocycles. The van der Waals surface area contributed by atoms with E-state index in [0.717, 1.165) is 11.1 Å². The van der Waals surface area contributed by atoms with E-state index in [4.69, 9.17) is 0 Å². The summed E-state index contributed by atoms with van der Waals surface area (Å²) in [5, 5.41) is 0. The lowest BCUT2D eigenvalue weighted by Crippen LogP contribution is -2.30. The number of hydrogen-bond acceptors (Lipinski definition) is 3. The molecule has 4 nitrogen and oxygen atoms in total. The van der Waals surface area contributed by atoms with Crippen LogP contribution in [-0.4, -0.2) is 18.5 Å². The molecule has 0 aromatic heterocycles. The first-order valence-electron chi connectivity index (χ1n) is 10.9. The maximum Gasteiger partial charge on any atom is 0.243 e. The first-order valence-corrected chi connectivity index (χ1v) is 12.3. The van der Waals surface area contributed by atoms with Crippen LogP contribution in [0.15, 0.2) is 114 Å². The Labute approximate surface area is 199 Å². The van der Waals surface area contributed by atoms with Crippen LogP contribution in [0.4, 0.5) is 4.39 Å². The Morgan fingerprint density at radius 3 is 1.65 bits per heavy atom. The zero-order valence-electron chi connectivity index (χ0n) is 18.5. The fraction of sp³-hybridized carbons (Fsp3) is 0.107. The Morgan fingerprint density at radius 1 is 0.647 bits per heavy atom. The zero-order chi connectivity index (χ0) is 24.0. The van der Waals surface area contributed by atoms with E-state index in [9.17, 15) is 17.6 Å². The van der Waals surface area contributed by atoms with E-state index >= 15 is 0 Å². The Morgan fingerprint density at radius 2 is 1.15 bits per heavy atom. The smallest absolute Gasteiger partial charge is 0.243 e. The molecule has 0 saturated carbocycles. The van der Waals surface area contributed by atoms with Crippen LogP contribution in [-0.2, 0) is 29.5 Å². The van der Waals surface area contributed by atoms with Gasteiger partial charge in [0, 0.05) is 25.1 Å². The third-order valence-corrected chi connectivity index (χ3v) is 7.30. The van der Waals surface area contributed by atoms with Gasteiger partial charge in [-0.2, -0.15) is 4.31 Å². The highest BCUT2D eigenvalue weighted by Crippen LogP contribution is 2.22. The summed E-state index contributed by atoms with van der Waals surface area (Å²) in [4.78, 5) is 12.7. The molecule has 34 heavy (non-hydrogen) atoms. The molecule has 0 radical (unpaired) electrons. The van der Waals surface area contributed by atoms with Gasteiger partial charge in [-0.25, -0.2) is 12.8 Å². The molecule has 0 aliphatic rings. The van der Waals surface area contributed by atoms with Gasteiger partial charge in [-0.3, -0.25) is 4.79 Å². The van der Waals surface area contributed by atoms with Gasteiger partial charge in [-0.1, -0.05) is 84.9 Å². The maximum atomic E-state index is 13.6. The largest absolute Gasteiger partial charge is 0.294 e. The summed E-state index contributed by atoms with van der Waals surface area (Å²) in [5.74, 6) is -0.526. The molecule has 4 rings (SSSR count). The molecular weight excluding hydrogens is 449 g/mol. The fourth-order valence-electron chi connectivity index (χ4n) is 3.65. The minimum absolute atomic E-state index is 0.112. The van der Waals surface area contributed by atoms with Crippen molar-refractivity contribution in [2.45, 2.75) is 24.4 Å². The number of carbonyl (C=O) groups excluding carboxylic acids is 1. The molecule has 172 valence electrons. The summed E-state index contributed by atoms with van der Waals surface area (Å²) in [7, 11) is -3.82. The van der Waals surface area contributed by atoms with Crippen molar-refractivity contribution in [3.05, 3.63) is 137 Å². The minimum Gasteiger partial charge on any atom is -0.294 e. The summed E-state index contributed by atoms with van der Waals surface area (Å²) in [6.07, 6.45) is 0.112. The highest BCUT2D eigenvalue weighted by Gasteiger charge is 2.25. The molecule has 0 aliphatic carbocycles. The van der Waals surface area contributed by atoms with E-state index in [1.807, 2.05) is 60.7 Å². The molecule has 6 heteroatoms. The number of benzene rings is 4. The predicted octanol–water partition coefficient (Wildman–Crippen LogP) is 5.64. The van der Waals surface area contributed by atoms with Crippen LogP contribution in [0.1, 0.15) is 27.0 Å². The van der Waals surface area contributed by atoms with E-state index in [-0.39, 0.29) is 36.0 Å². The lowest BCUT2D eigenvalue weighted by atomic mass is 10.0. The van der Waals surface area contributed by atoms with Crippen LogP contribution in [0.2, 0.25) is 0 Å². The van der Waals surface area contributed by atoms with Gasteiger partial charge in [0.1, 0.15) is 5.82 Å². The summed E-state index contributed by atoms with van der Waals surface area (Å²) < 4.78 is 41.6. The monoisotopic (exact) mass is 473 g/mol. The van der Waals surface area contributed by atoms with Gasteiger partial charge >= 0.3 is 0 Å². The second kappa shape index (κ2) is 10.5. The predicted molar refractivity (Wildman–Crippen MR) is 130 cm³/mol. The van der Waals surface area contributed by atoms with Crippen molar-refractivity contribution in [2.75, 3.05) is 0 Å². The SMILES string of the molecule is O=C(Cc1ccc(F)cc1)c1ccc(S(=O)(=O)N(Cc2ccccc2)Cc2ccccc2)cc1. The number of sulfonamides is 1. The number of ketones is 1. The van der Waals surface area contributed by atoms with Crippen molar-refractivity contribution in [1.29, 1.82) is 0 Å². The number of hydrogen-bond donors (Lipinski definition) is 0. The summed E-state index contributed by atoms with van der Waals surface area (Å²) in [6, 6.07) is 30.6. The molecule has 0 amide bonds. The van der Waals surface area contributed by atoms with Crippen molar-refractivity contribution in [3.8, 4) is 0 Å². The summed E-state index contributed by atoms with van der Waals surface area (Å²) in [5.41, 5.74) is 2.86. The molecule has 0 bridgehead atoms. The average Bonchev–Trinajstić information content (AvgIpc) is 2.86. The Bertz CT molecular complexity index is 1300. The molecular formula is C28H24FNO3S. The minimum atomic E-state index is -3.82. The molecule has 0 aliphatic heterocycles. The van der Waals surface area contributed by atoms with E-state index in [0.29, 0.717) is 11.1 Å². The number of carbonyl (C=O) groups is 1. The number of rotatable bonds is 9. The van der Waals surface area contributed by atoms with Crippen molar-refractivity contribution >= 4 is 15.8 Å².